The van der Waals surface area contributed by atoms with Crippen molar-refractivity contribution in [1.82, 2.24) is 15.1 Å². The van der Waals surface area contributed by atoms with Gasteiger partial charge in [0.05, 0.1) is 30.9 Å². The Kier molecular flexibility index (Phi) is 15.3. The number of allylic oxidation sites excluding steroid dienone is 1. The van der Waals surface area contributed by atoms with E-state index < -0.39 is 11.1 Å². The Morgan fingerprint density at radius 2 is 1.88 bits per heavy atom. The van der Waals surface area contributed by atoms with Crippen molar-refractivity contribution in [3.63, 3.8) is 0 Å². The number of nitrogens with two attached hydrogens (primary N) is 1. The molecule has 0 aliphatic rings. The summed E-state index contributed by atoms with van der Waals surface area (Å²) in [5, 5.41) is 21.0. The maximum atomic E-state index is 13.1. The quantitative estimate of drug-likeness (QED) is 0.140. The third kappa shape index (κ3) is 11.8. The summed E-state index contributed by atoms with van der Waals surface area (Å²) in [6, 6.07) is 1.97. The summed E-state index contributed by atoms with van der Waals surface area (Å²) in [5.41, 5.74) is 5.75. The lowest BCUT2D eigenvalue weighted by molar-refractivity contribution is -0.885. The molecule has 1 amide bonds. The number of carbonyl (C=O) groups is 1. The number of hydrogen-bond acceptors (Lipinski definition) is 7. The average Bonchev–Trinajstić information content (AvgIpc) is 2.86. The fourth-order valence-corrected chi connectivity index (χ4v) is 3.91. The molecule has 0 radical (unpaired) electrons. The summed E-state index contributed by atoms with van der Waals surface area (Å²) in [6.07, 6.45) is 3.99. The van der Waals surface area contributed by atoms with Crippen LogP contribution in [0.5, 0.6) is 0 Å². The molecule has 0 spiro atoms. The highest BCUT2D eigenvalue weighted by molar-refractivity contribution is 5.96. The van der Waals surface area contributed by atoms with E-state index in [4.69, 9.17) is 20.7 Å². The van der Waals surface area contributed by atoms with Crippen LogP contribution in [0.4, 0.5) is 4.79 Å². The molecule has 0 fully saturated rings. The zero-order valence-corrected chi connectivity index (χ0v) is 26.7. The van der Waals surface area contributed by atoms with E-state index in [2.05, 4.69) is 27.2 Å². The number of carbonyl (C=O) groups excluding carboxylic acids is 1. The van der Waals surface area contributed by atoms with E-state index in [1.54, 1.807) is 11.1 Å². The van der Waals surface area contributed by atoms with Crippen LogP contribution < -0.4 is 11.1 Å². The number of quaternary nitrogens is 1. The van der Waals surface area contributed by atoms with Crippen LogP contribution >= 0.6 is 0 Å². The summed E-state index contributed by atoms with van der Waals surface area (Å²) >= 11 is 0. The first-order chi connectivity index (χ1) is 18.6. The molecule has 3 atom stereocenters. The first-order valence-electron chi connectivity index (χ1n) is 13.8. The lowest BCUT2D eigenvalue weighted by Gasteiger charge is -2.43. The van der Waals surface area contributed by atoms with Crippen molar-refractivity contribution in [1.29, 1.82) is 5.26 Å². The van der Waals surface area contributed by atoms with Gasteiger partial charge >= 0.3 is 6.09 Å². The van der Waals surface area contributed by atoms with Crippen LogP contribution in [0.1, 0.15) is 82.1 Å². The number of nitriles is 1. The number of rotatable bonds is 14. The monoisotopic (exact) mass is 561 g/mol. The second kappa shape index (κ2) is 16.7. The summed E-state index contributed by atoms with van der Waals surface area (Å²) in [5.74, 6) is 0.559. The van der Waals surface area contributed by atoms with Gasteiger partial charge in [0.1, 0.15) is 18.5 Å². The predicted molar refractivity (Wildman–Crippen MR) is 165 cm³/mol. The van der Waals surface area contributed by atoms with E-state index >= 15 is 0 Å². The second-order valence-electron chi connectivity index (χ2n) is 10.9. The standard InChI is InChI=1S/C28H53N10O2/c1-13-28(10,37(16-4)26(39)40-27(7,8)9)20-36(15-3)25(35-24(30)17-18-29)33-21-32-22(5)19-23(6)38(12,31-11)34-14-2/h14,19,22,32H,11,13,15-17,20-21H2,1-10,12H3,(H2,30,33,35)/q+1. The Labute approximate surface area is 241 Å². The van der Waals surface area contributed by atoms with Gasteiger partial charge in [0.25, 0.3) is 0 Å². The number of ether oxygens (including phenoxy) is 1. The van der Waals surface area contributed by atoms with Crippen LogP contribution in [0.15, 0.2) is 32.0 Å². The Morgan fingerprint density at radius 1 is 1.25 bits per heavy atom. The van der Waals surface area contributed by atoms with Crippen molar-refractivity contribution in [2.75, 3.05) is 33.4 Å². The number of nitrogens with one attached hydrogen (secondary N) is 1. The summed E-state index contributed by atoms with van der Waals surface area (Å²) in [7, 11) is 1.84. The van der Waals surface area contributed by atoms with Crippen molar-refractivity contribution in [2.45, 2.75) is 99.3 Å². The Morgan fingerprint density at radius 3 is 2.33 bits per heavy atom. The molecule has 12 heteroatoms. The zero-order chi connectivity index (χ0) is 31.1. The van der Waals surface area contributed by atoms with E-state index in [1.807, 2.05) is 93.3 Å². The molecule has 0 saturated carbocycles. The lowest BCUT2D eigenvalue weighted by atomic mass is 9.95. The number of aliphatic imine (C=N–C) groups is 2. The summed E-state index contributed by atoms with van der Waals surface area (Å²) in [6.45, 7) is 24.7. The van der Waals surface area contributed by atoms with Gasteiger partial charge < -0.3 is 20.3 Å². The van der Waals surface area contributed by atoms with Gasteiger partial charge in [-0.2, -0.15) is 10.3 Å². The Balaban J connectivity index is 6.16. The fourth-order valence-electron chi connectivity index (χ4n) is 3.91. The minimum atomic E-state index is -0.609. The van der Waals surface area contributed by atoms with Crippen LogP contribution in [0.2, 0.25) is 0 Å². The van der Waals surface area contributed by atoms with Gasteiger partial charge in [0.15, 0.2) is 5.70 Å². The highest BCUT2D eigenvalue weighted by atomic mass is 16.6. The van der Waals surface area contributed by atoms with E-state index in [0.29, 0.717) is 32.0 Å². The summed E-state index contributed by atoms with van der Waals surface area (Å²) in [4.78, 5) is 26.0. The van der Waals surface area contributed by atoms with Crippen molar-refractivity contribution in [3.8, 4) is 6.07 Å². The van der Waals surface area contributed by atoms with E-state index in [-0.39, 0.29) is 35.8 Å². The molecule has 0 aromatic rings. The number of guanidine groups is 1. The Bertz CT molecular complexity index is 992. The molecular formula is C28H53N10O2+. The highest BCUT2D eigenvalue weighted by Gasteiger charge is 2.37. The smallest absolute Gasteiger partial charge is 0.410 e. The number of hydrogen-bond donors (Lipinski definition) is 2. The van der Waals surface area contributed by atoms with Crippen molar-refractivity contribution < 1.29 is 14.2 Å². The third-order valence-electron chi connectivity index (χ3n) is 6.45. The van der Waals surface area contributed by atoms with Gasteiger partial charge in [0.2, 0.25) is 5.96 Å². The average molecular weight is 562 g/mol. The van der Waals surface area contributed by atoms with Crippen molar-refractivity contribution in [2.24, 2.45) is 25.9 Å². The highest BCUT2D eigenvalue weighted by Crippen LogP contribution is 2.24. The predicted octanol–water partition coefficient (Wildman–Crippen LogP) is 4.27. The van der Waals surface area contributed by atoms with Gasteiger partial charge in [-0.15, -0.1) is 0 Å². The molecule has 3 N–H and O–H groups in total. The zero-order valence-electron chi connectivity index (χ0n) is 26.7. The molecular weight excluding hydrogens is 508 g/mol. The maximum Gasteiger partial charge on any atom is 0.410 e. The molecule has 0 aromatic carbocycles. The Hall–Kier alpha value is -3.30. The minimum absolute atomic E-state index is 0.00316. The van der Waals surface area contributed by atoms with Crippen LogP contribution in [0, 0.1) is 11.3 Å². The second-order valence-corrected chi connectivity index (χ2v) is 10.9. The minimum Gasteiger partial charge on any atom is -0.444 e. The molecule has 0 rings (SSSR count). The third-order valence-corrected chi connectivity index (χ3v) is 6.45. The van der Waals surface area contributed by atoms with Crippen LogP contribution in [0.25, 0.3) is 0 Å². The largest absolute Gasteiger partial charge is 0.444 e. The topological polar surface area (TPSA) is 144 Å². The fraction of sp³-hybridized carbons (Fsp3) is 0.714. The number of amides is 1. The number of nitrogens with zero attached hydrogens (tertiary/aromatic N) is 8. The maximum absolute atomic E-state index is 13.1. The van der Waals surface area contributed by atoms with Crippen LogP contribution in [0.3, 0.4) is 0 Å². The van der Waals surface area contributed by atoms with Crippen molar-refractivity contribution in [3.05, 3.63) is 11.8 Å². The molecule has 0 bridgehead atoms. The molecule has 40 heavy (non-hydrogen) atoms. The first kappa shape index (κ1) is 36.7. The molecule has 0 heterocycles. The van der Waals surface area contributed by atoms with Crippen molar-refractivity contribution >= 4 is 30.8 Å². The lowest BCUT2D eigenvalue weighted by Crippen LogP contribution is -2.57. The molecule has 0 aliphatic carbocycles. The molecule has 0 saturated heterocycles. The molecule has 3 unspecified atom stereocenters. The van der Waals surface area contributed by atoms with Crippen LogP contribution in [-0.2, 0) is 4.74 Å². The van der Waals surface area contributed by atoms with Gasteiger partial charge in [0, 0.05) is 39.3 Å². The van der Waals surface area contributed by atoms with Gasteiger partial charge in [-0.3, -0.25) is 5.32 Å². The number of amidine groups is 1. The van der Waals surface area contributed by atoms with Gasteiger partial charge in [-0.25, -0.2) is 9.79 Å². The normalized spacial score (nSPS) is 17.0. The number of likely N-dealkylation sites (N-methyl/N-ethyl adjacent to an activating group) is 2. The van der Waals surface area contributed by atoms with E-state index in [0.717, 1.165) is 5.70 Å². The molecule has 12 nitrogen and oxygen atoms in total. The SMILES string of the molecule is C=N[N+](C)(N=CC)C(C)=CC(C)NCN=C(N=C(N)CC#N)N(CC)CC(C)(CC)N(CC)C(=O)OC(C)(C)C. The van der Waals surface area contributed by atoms with E-state index in [1.165, 1.54) is 0 Å². The van der Waals surface area contributed by atoms with Gasteiger partial charge in [-0.05, 0) is 67.9 Å². The summed E-state index contributed by atoms with van der Waals surface area (Å²) < 4.78 is 5.70. The molecule has 0 aromatic heterocycles. The molecule has 0 aliphatic heterocycles. The molecule has 226 valence electrons. The van der Waals surface area contributed by atoms with Gasteiger partial charge in [-0.1, -0.05) is 21.8 Å². The van der Waals surface area contributed by atoms with Crippen LogP contribution in [-0.4, -0.2) is 95.9 Å². The van der Waals surface area contributed by atoms with E-state index in [9.17, 15) is 4.79 Å². The first-order valence-corrected chi connectivity index (χ1v) is 13.8.